The van der Waals surface area contributed by atoms with Crippen molar-refractivity contribution in [2.24, 2.45) is 11.0 Å². The summed E-state index contributed by atoms with van der Waals surface area (Å²) in [6.07, 6.45) is 3.07. The van der Waals surface area contributed by atoms with Gasteiger partial charge in [-0.2, -0.15) is 5.10 Å². The molecule has 16 heavy (non-hydrogen) atoms. The maximum atomic E-state index is 12.8. The van der Waals surface area contributed by atoms with Gasteiger partial charge in [0.1, 0.15) is 0 Å². The van der Waals surface area contributed by atoms with Crippen LogP contribution in [-0.2, 0) is 4.79 Å². The van der Waals surface area contributed by atoms with Crippen LogP contribution in [0.1, 0.15) is 18.4 Å². The minimum absolute atomic E-state index is 0.0714. The van der Waals surface area contributed by atoms with Crippen LogP contribution in [-0.4, -0.2) is 12.1 Å². The molecule has 1 fully saturated rings. The van der Waals surface area contributed by atoms with Gasteiger partial charge in [0.15, 0.2) is 11.6 Å². The fraction of sp³-hybridized carbons (Fsp3) is 0.273. The summed E-state index contributed by atoms with van der Waals surface area (Å²) in [7, 11) is 0. The molecular weight excluding hydrogens is 214 g/mol. The lowest BCUT2D eigenvalue weighted by Gasteiger charge is -1.97. The van der Waals surface area contributed by atoms with Crippen LogP contribution in [0.3, 0.4) is 0 Å². The average molecular weight is 224 g/mol. The third-order valence-electron chi connectivity index (χ3n) is 2.28. The Bertz CT molecular complexity index is 442. The number of amides is 1. The highest BCUT2D eigenvalue weighted by atomic mass is 19.2. The third kappa shape index (κ3) is 2.62. The van der Waals surface area contributed by atoms with E-state index in [1.165, 1.54) is 12.3 Å². The van der Waals surface area contributed by atoms with Gasteiger partial charge in [0.25, 0.3) is 0 Å². The Balaban J connectivity index is 1.94. The summed E-state index contributed by atoms with van der Waals surface area (Å²) in [5, 5.41) is 3.66. The van der Waals surface area contributed by atoms with E-state index in [0.29, 0.717) is 5.56 Å². The number of nitrogens with zero attached hydrogens (tertiary/aromatic N) is 1. The van der Waals surface area contributed by atoms with E-state index in [2.05, 4.69) is 10.5 Å². The van der Waals surface area contributed by atoms with Gasteiger partial charge in [0, 0.05) is 5.92 Å². The van der Waals surface area contributed by atoms with E-state index in [1.807, 2.05) is 0 Å². The van der Waals surface area contributed by atoms with E-state index in [9.17, 15) is 13.6 Å². The number of hydrogen-bond donors (Lipinski definition) is 1. The van der Waals surface area contributed by atoms with Gasteiger partial charge in [-0.3, -0.25) is 4.79 Å². The van der Waals surface area contributed by atoms with Gasteiger partial charge in [0.05, 0.1) is 6.21 Å². The Morgan fingerprint density at radius 2 is 2.12 bits per heavy atom. The first kappa shape index (κ1) is 10.7. The van der Waals surface area contributed by atoms with Crippen molar-refractivity contribution in [1.82, 2.24) is 5.43 Å². The lowest BCUT2D eigenvalue weighted by atomic mass is 10.2. The first-order valence-corrected chi connectivity index (χ1v) is 4.95. The molecule has 0 radical (unpaired) electrons. The van der Waals surface area contributed by atoms with Crippen LogP contribution >= 0.6 is 0 Å². The number of nitrogens with one attached hydrogen (secondary N) is 1. The van der Waals surface area contributed by atoms with E-state index in [0.717, 1.165) is 25.0 Å². The molecule has 2 rings (SSSR count). The van der Waals surface area contributed by atoms with Gasteiger partial charge in [-0.25, -0.2) is 14.2 Å². The average Bonchev–Trinajstić information content (AvgIpc) is 3.07. The summed E-state index contributed by atoms with van der Waals surface area (Å²) in [6.45, 7) is 0. The summed E-state index contributed by atoms with van der Waals surface area (Å²) in [4.78, 5) is 11.2. The minimum Gasteiger partial charge on any atom is -0.273 e. The predicted molar refractivity (Wildman–Crippen MR) is 54.8 cm³/mol. The topological polar surface area (TPSA) is 41.5 Å². The maximum absolute atomic E-state index is 12.8. The summed E-state index contributed by atoms with van der Waals surface area (Å²) in [5.41, 5.74) is 2.74. The van der Waals surface area contributed by atoms with Crippen molar-refractivity contribution in [1.29, 1.82) is 0 Å². The second kappa shape index (κ2) is 4.38. The molecule has 0 saturated heterocycles. The van der Waals surface area contributed by atoms with Crippen molar-refractivity contribution in [2.45, 2.75) is 12.8 Å². The highest BCUT2D eigenvalue weighted by Crippen LogP contribution is 2.28. The Morgan fingerprint density at radius 3 is 2.75 bits per heavy atom. The maximum Gasteiger partial charge on any atom is 0.243 e. The number of hydrazone groups is 1. The molecule has 0 aromatic heterocycles. The highest BCUT2D eigenvalue weighted by Gasteiger charge is 2.29. The second-order valence-electron chi connectivity index (χ2n) is 3.68. The number of halogens is 2. The molecule has 0 heterocycles. The van der Waals surface area contributed by atoms with Crippen molar-refractivity contribution in [2.75, 3.05) is 0 Å². The zero-order chi connectivity index (χ0) is 11.5. The van der Waals surface area contributed by atoms with Gasteiger partial charge in [0.2, 0.25) is 5.91 Å². The standard InChI is InChI=1S/C11H10F2N2O/c12-9-4-1-7(5-10(9)13)6-14-15-11(16)8-2-3-8/h1,4-6,8H,2-3H2,(H,15,16)/b14-6+. The van der Waals surface area contributed by atoms with Crippen molar-refractivity contribution in [3.05, 3.63) is 35.4 Å². The summed E-state index contributed by atoms with van der Waals surface area (Å²) in [5.74, 6) is -1.89. The Kier molecular flexibility index (Phi) is 2.94. The molecular formula is C11H10F2N2O. The van der Waals surface area contributed by atoms with Crippen LogP contribution in [0.5, 0.6) is 0 Å². The molecule has 1 aliphatic rings. The van der Waals surface area contributed by atoms with E-state index in [-0.39, 0.29) is 11.8 Å². The molecule has 0 unspecified atom stereocenters. The Morgan fingerprint density at radius 1 is 1.38 bits per heavy atom. The first-order valence-electron chi connectivity index (χ1n) is 4.95. The molecule has 5 heteroatoms. The van der Waals surface area contributed by atoms with Crippen LogP contribution in [0.25, 0.3) is 0 Å². The third-order valence-corrected chi connectivity index (χ3v) is 2.28. The van der Waals surface area contributed by atoms with Gasteiger partial charge in [-0.05, 0) is 30.5 Å². The molecule has 84 valence electrons. The van der Waals surface area contributed by atoms with Crippen molar-refractivity contribution in [3.63, 3.8) is 0 Å². The molecule has 1 aliphatic carbocycles. The molecule has 1 saturated carbocycles. The molecule has 1 N–H and O–H groups in total. The normalized spacial score (nSPS) is 15.4. The zero-order valence-electron chi connectivity index (χ0n) is 8.41. The van der Waals surface area contributed by atoms with Crippen LogP contribution < -0.4 is 5.43 Å². The summed E-state index contributed by atoms with van der Waals surface area (Å²) in [6, 6.07) is 3.41. The first-order chi connectivity index (χ1) is 7.66. The van der Waals surface area contributed by atoms with Crippen LogP contribution in [0.15, 0.2) is 23.3 Å². The van der Waals surface area contributed by atoms with E-state index >= 15 is 0 Å². The highest BCUT2D eigenvalue weighted by molar-refractivity contribution is 5.84. The molecule has 1 aromatic carbocycles. The number of carbonyl (C=O) groups is 1. The number of carbonyl (C=O) groups excluding carboxylic acids is 1. The monoisotopic (exact) mass is 224 g/mol. The van der Waals surface area contributed by atoms with Crippen LogP contribution in [0.4, 0.5) is 8.78 Å². The van der Waals surface area contributed by atoms with Crippen LogP contribution in [0.2, 0.25) is 0 Å². The van der Waals surface area contributed by atoms with E-state index in [1.54, 1.807) is 0 Å². The molecule has 1 aromatic rings. The second-order valence-corrected chi connectivity index (χ2v) is 3.68. The predicted octanol–water partition coefficient (Wildman–Crippen LogP) is 1.82. The minimum atomic E-state index is -0.933. The van der Waals surface area contributed by atoms with Gasteiger partial charge in [-0.15, -0.1) is 0 Å². The van der Waals surface area contributed by atoms with Gasteiger partial charge < -0.3 is 0 Å². The van der Waals surface area contributed by atoms with Crippen LogP contribution in [0, 0.1) is 17.6 Å². The largest absolute Gasteiger partial charge is 0.273 e. The smallest absolute Gasteiger partial charge is 0.243 e. The molecule has 3 nitrogen and oxygen atoms in total. The van der Waals surface area contributed by atoms with E-state index in [4.69, 9.17) is 0 Å². The Labute approximate surface area is 91.2 Å². The van der Waals surface area contributed by atoms with Crippen molar-refractivity contribution < 1.29 is 13.6 Å². The number of hydrogen-bond acceptors (Lipinski definition) is 2. The van der Waals surface area contributed by atoms with Gasteiger partial charge >= 0.3 is 0 Å². The fourth-order valence-electron chi connectivity index (χ4n) is 1.20. The molecule has 0 spiro atoms. The lowest BCUT2D eigenvalue weighted by Crippen LogP contribution is -2.18. The summed E-state index contributed by atoms with van der Waals surface area (Å²) >= 11 is 0. The molecule has 0 bridgehead atoms. The SMILES string of the molecule is O=C(N/N=C/c1ccc(F)c(F)c1)C1CC1. The molecule has 0 aliphatic heterocycles. The summed E-state index contributed by atoms with van der Waals surface area (Å²) < 4.78 is 25.4. The van der Waals surface area contributed by atoms with Gasteiger partial charge in [-0.1, -0.05) is 6.07 Å². The number of benzene rings is 1. The van der Waals surface area contributed by atoms with E-state index < -0.39 is 11.6 Å². The lowest BCUT2D eigenvalue weighted by molar-refractivity contribution is -0.122. The fourth-order valence-corrected chi connectivity index (χ4v) is 1.20. The van der Waals surface area contributed by atoms with Crippen molar-refractivity contribution in [3.8, 4) is 0 Å². The zero-order valence-corrected chi connectivity index (χ0v) is 8.41. The quantitative estimate of drug-likeness (QED) is 0.617. The molecule has 0 atom stereocenters. The Hall–Kier alpha value is -1.78. The number of rotatable bonds is 3. The molecule has 1 amide bonds. The van der Waals surface area contributed by atoms with Crippen molar-refractivity contribution >= 4 is 12.1 Å².